The highest BCUT2D eigenvalue weighted by molar-refractivity contribution is 7.19. The average Bonchev–Trinajstić information content (AvgIpc) is 3.09. The number of pyridine rings is 1. The van der Waals surface area contributed by atoms with Gasteiger partial charge in [-0.2, -0.15) is 0 Å². The number of aliphatic hydroxyl groups excluding tert-OH is 1. The summed E-state index contributed by atoms with van der Waals surface area (Å²) in [4.78, 5) is 28.6. The number of benzene rings is 1. The Balaban J connectivity index is 1.85. The van der Waals surface area contributed by atoms with E-state index in [4.69, 9.17) is 17.1 Å². The maximum absolute atomic E-state index is 12.9. The number of hydrogen-bond acceptors (Lipinski definition) is 5. The van der Waals surface area contributed by atoms with Crippen molar-refractivity contribution < 1.29 is 9.90 Å². The molecule has 0 saturated heterocycles. The lowest BCUT2D eigenvalue weighted by atomic mass is 10.1. The second kappa shape index (κ2) is 9.11. The molecule has 0 atom stereocenters. The van der Waals surface area contributed by atoms with Crippen LogP contribution in [0, 0.1) is 0 Å². The van der Waals surface area contributed by atoms with E-state index in [1.807, 2.05) is 12.1 Å². The molecule has 3 rings (SSSR count). The molecule has 1 aromatic carbocycles. The Bertz CT molecular complexity index is 1160. The third-order valence-corrected chi connectivity index (χ3v) is 5.91. The van der Waals surface area contributed by atoms with Crippen molar-refractivity contribution in [2.24, 2.45) is 12.2 Å². The fourth-order valence-corrected chi connectivity index (χ4v) is 4.40. The average molecular weight is 432 g/mol. The molecule has 29 heavy (non-hydrogen) atoms. The first-order valence-corrected chi connectivity index (χ1v) is 9.89. The molecule has 3 aromatic rings. The highest BCUT2D eigenvalue weighted by atomic mass is 35.5. The number of nitrogens with zero attached hydrogens (tertiary/aromatic N) is 4. The van der Waals surface area contributed by atoms with Crippen molar-refractivity contribution >= 4 is 39.1 Å². The van der Waals surface area contributed by atoms with Crippen LogP contribution in [-0.2, 0) is 38.0 Å². The molecule has 2 aromatic heterocycles. The minimum atomic E-state index is -0.273. The largest absolute Gasteiger partial charge is 0.391 e. The number of thiophene rings is 1. The number of hydrogen-bond donors (Lipinski definition) is 2. The number of azide groups is 1. The van der Waals surface area contributed by atoms with Crippen LogP contribution in [-0.4, -0.2) is 15.6 Å². The summed E-state index contributed by atoms with van der Waals surface area (Å²) in [6.45, 7) is 0.120. The van der Waals surface area contributed by atoms with Crippen LogP contribution in [0.1, 0.15) is 21.6 Å². The van der Waals surface area contributed by atoms with Gasteiger partial charge in [0.05, 0.1) is 29.8 Å². The molecular formula is C19H18ClN5O3S. The molecule has 0 aliphatic heterocycles. The third kappa shape index (κ3) is 4.60. The highest BCUT2D eigenvalue weighted by Crippen LogP contribution is 2.30. The normalized spacial score (nSPS) is 10.7. The Labute approximate surface area is 175 Å². The molecule has 2 N–H and O–H groups in total. The third-order valence-electron chi connectivity index (χ3n) is 4.45. The maximum atomic E-state index is 12.9. The summed E-state index contributed by atoms with van der Waals surface area (Å²) in [5, 5.41) is 16.6. The van der Waals surface area contributed by atoms with Gasteiger partial charge < -0.3 is 15.0 Å². The van der Waals surface area contributed by atoms with E-state index in [0.29, 0.717) is 37.8 Å². The fraction of sp³-hybridized carbons (Fsp3) is 0.263. The van der Waals surface area contributed by atoms with E-state index < -0.39 is 0 Å². The van der Waals surface area contributed by atoms with Gasteiger partial charge in [-0.3, -0.25) is 9.59 Å². The van der Waals surface area contributed by atoms with Gasteiger partial charge in [0.25, 0.3) is 0 Å². The van der Waals surface area contributed by atoms with E-state index in [1.165, 1.54) is 0 Å². The molecule has 0 aliphatic rings. The van der Waals surface area contributed by atoms with Gasteiger partial charge >= 0.3 is 0 Å². The molecule has 10 heteroatoms. The Morgan fingerprint density at radius 2 is 2.10 bits per heavy atom. The SMILES string of the molecule is Cn1cc(CC(=O)NCc2ccc(Cl)cc2)c(=O)c2sc(CO)c(CN=[N+]=[N-])c21. The summed E-state index contributed by atoms with van der Waals surface area (Å²) < 4.78 is 2.17. The standard InChI is InChI=1S/C19H18ClN5O3S/c1-25-9-12(6-16(27)22-7-11-2-4-13(20)5-3-11)18(28)19-17(25)14(8-23-24-21)15(10-26)29-19/h2-5,9,26H,6-8,10H2,1H3,(H,22,27). The van der Waals surface area contributed by atoms with Crippen LogP contribution in [0.4, 0.5) is 0 Å². The first-order chi connectivity index (χ1) is 13.9. The molecule has 1 amide bonds. The van der Waals surface area contributed by atoms with Crippen molar-refractivity contribution in [3.05, 3.63) is 77.7 Å². The van der Waals surface area contributed by atoms with Gasteiger partial charge in [0.1, 0.15) is 0 Å². The number of amides is 1. The van der Waals surface area contributed by atoms with E-state index in [2.05, 4.69) is 15.3 Å². The van der Waals surface area contributed by atoms with Gasteiger partial charge in [0, 0.05) is 40.2 Å². The zero-order valence-electron chi connectivity index (χ0n) is 15.6. The van der Waals surface area contributed by atoms with Gasteiger partial charge in [0.15, 0.2) is 0 Å². The van der Waals surface area contributed by atoms with Gasteiger partial charge in [-0.1, -0.05) is 28.8 Å². The Hall–Kier alpha value is -2.84. The number of aryl methyl sites for hydroxylation is 1. The Morgan fingerprint density at radius 3 is 2.76 bits per heavy atom. The van der Waals surface area contributed by atoms with Crippen LogP contribution < -0.4 is 10.7 Å². The van der Waals surface area contributed by atoms with E-state index in [-0.39, 0.29) is 30.9 Å². The number of nitrogens with one attached hydrogen (secondary N) is 1. The minimum Gasteiger partial charge on any atom is -0.391 e. The highest BCUT2D eigenvalue weighted by Gasteiger charge is 2.19. The van der Waals surface area contributed by atoms with Crippen LogP contribution in [0.15, 0.2) is 40.4 Å². The second-order valence-corrected chi connectivity index (χ2v) is 7.94. The van der Waals surface area contributed by atoms with Crippen LogP contribution >= 0.6 is 22.9 Å². The Kier molecular flexibility index (Phi) is 6.56. The second-order valence-electron chi connectivity index (χ2n) is 6.40. The predicted molar refractivity (Wildman–Crippen MR) is 113 cm³/mol. The van der Waals surface area contributed by atoms with Crippen molar-refractivity contribution in [3.63, 3.8) is 0 Å². The van der Waals surface area contributed by atoms with Crippen molar-refractivity contribution in [2.75, 3.05) is 0 Å². The van der Waals surface area contributed by atoms with Crippen LogP contribution in [0.25, 0.3) is 20.7 Å². The van der Waals surface area contributed by atoms with Gasteiger partial charge in [-0.05, 0) is 28.8 Å². The molecule has 8 nitrogen and oxygen atoms in total. The quantitative estimate of drug-likeness (QED) is 0.338. The first kappa shape index (κ1) is 20.9. The maximum Gasteiger partial charge on any atom is 0.224 e. The topological polar surface area (TPSA) is 120 Å². The molecule has 150 valence electrons. The zero-order valence-corrected chi connectivity index (χ0v) is 17.1. The van der Waals surface area contributed by atoms with E-state index in [1.54, 1.807) is 29.9 Å². The molecular weight excluding hydrogens is 414 g/mol. The number of halogens is 1. The monoisotopic (exact) mass is 431 g/mol. The molecule has 2 heterocycles. The Morgan fingerprint density at radius 1 is 1.38 bits per heavy atom. The lowest BCUT2D eigenvalue weighted by Crippen LogP contribution is -2.27. The number of carbonyl (C=O) groups is 1. The van der Waals surface area contributed by atoms with Crippen molar-refractivity contribution in [1.82, 2.24) is 9.88 Å². The molecule has 0 radical (unpaired) electrons. The first-order valence-electron chi connectivity index (χ1n) is 8.70. The van der Waals surface area contributed by atoms with E-state index >= 15 is 0 Å². The zero-order chi connectivity index (χ0) is 21.0. The number of aromatic nitrogens is 1. The van der Waals surface area contributed by atoms with Crippen molar-refractivity contribution in [3.8, 4) is 0 Å². The summed E-state index contributed by atoms with van der Waals surface area (Å²) in [5.74, 6) is -0.273. The summed E-state index contributed by atoms with van der Waals surface area (Å²) in [6, 6.07) is 7.13. The lowest BCUT2D eigenvalue weighted by Gasteiger charge is -2.09. The smallest absolute Gasteiger partial charge is 0.224 e. The molecule has 0 fully saturated rings. The van der Waals surface area contributed by atoms with Gasteiger partial charge in [-0.25, -0.2) is 0 Å². The van der Waals surface area contributed by atoms with Gasteiger partial charge in [-0.15, -0.1) is 11.3 Å². The van der Waals surface area contributed by atoms with Crippen LogP contribution in [0.2, 0.25) is 5.02 Å². The minimum absolute atomic E-state index is 0.0423. The number of fused-ring (bicyclic) bond motifs is 1. The lowest BCUT2D eigenvalue weighted by molar-refractivity contribution is -0.120. The van der Waals surface area contributed by atoms with E-state index in [9.17, 15) is 14.7 Å². The predicted octanol–water partition coefficient (Wildman–Crippen LogP) is 3.41. The molecule has 0 aliphatic carbocycles. The summed E-state index contributed by atoms with van der Waals surface area (Å²) in [5.41, 5.74) is 10.8. The van der Waals surface area contributed by atoms with Gasteiger partial charge in [0.2, 0.25) is 11.3 Å². The number of rotatable bonds is 7. The van der Waals surface area contributed by atoms with Crippen molar-refractivity contribution in [2.45, 2.75) is 26.1 Å². The molecule has 0 spiro atoms. The molecule has 0 bridgehead atoms. The van der Waals surface area contributed by atoms with Crippen LogP contribution in [0.3, 0.4) is 0 Å². The molecule has 0 unspecified atom stereocenters. The fourth-order valence-electron chi connectivity index (χ4n) is 3.09. The summed E-state index contributed by atoms with van der Waals surface area (Å²) in [6.07, 6.45) is 1.55. The summed E-state index contributed by atoms with van der Waals surface area (Å²) >= 11 is 7.01. The van der Waals surface area contributed by atoms with E-state index in [0.717, 1.165) is 16.9 Å². The van der Waals surface area contributed by atoms with Crippen molar-refractivity contribution in [1.29, 1.82) is 0 Å². The van der Waals surface area contributed by atoms with Crippen LogP contribution in [0.5, 0.6) is 0 Å². The number of carbonyl (C=O) groups excluding carboxylic acids is 1. The summed E-state index contributed by atoms with van der Waals surface area (Å²) in [7, 11) is 1.75. The molecule has 0 saturated carbocycles. The number of aliphatic hydroxyl groups is 1.